The smallest absolute Gasteiger partial charge is 0.127 e. The number of aryl methyl sites for hydroxylation is 1. The van der Waals surface area contributed by atoms with Crippen LogP contribution >= 0.6 is 15.9 Å². The maximum Gasteiger partial charge on any atom is 0.127 e. The minimum atomic E-state index is -0.406. The number of hydrogen-bond acceptors (Lipinski definition) is 2. The zero-order valence-corrected chi connectivity index (χ0v) is 12.3. The fourth-order valence-corrected chi connectivity index (χ4v) is 3.06. The second kappa shape index (κ2) is 4.62. The lowest BCUT2D eigenvalue weighted by Gasteiger charge is -2.20. The lowest BCUT2D eigenvalue weighted by atomic mass is 9.95. The van der Waals surface area contributed by atoms with Crippen LogP contribution in [0.15, 0.2) is 10.5 Å². The molecule has 1 aromatic rings. The molecule has 0 aliphatic heterocycles. The van der Waals surface area contributed by atoms with E-state index in [9.17, 15) is 5.11 Å². The number of benzene rings is 1. The number of hydrogen-bond donors (Lipinski definition) is 1. The van der Waals surface area contributed by atoms with Gasteiger partial charge in [0.1, 0.15) is 5.75 Å². The molecule has 17 heavy (non-hydrogen) atoms. The van der Waals surface area contributed by atoms with E-state index >= 15 is 0 Å². The van der Waals surface area contributed by atoms with Crippen LogP contribution in [0.1, 0.15) is 36.1 Å². The lowest BCUT2D eigenvalue weighted by Crippen LogP contribution is -2.08. The first-order chi connectivity index (χ1) is 7.97. The summed E-state index contributed by atoms with van der Waals surface area (Å²) in [7, 11) is 1.67. The highest BCUT2D eigenvalue weighted by Crippen LogP contribution is 2.50. The Bertz CT molecular complexity index is 442. The first-order valence-electron chi connectivity index (χ1n) is 5.99. The maximum absolute atomic E-state index is 10.5. The van der Waals surface area contributed by atoms with E-state index < -0.39 is 6.10 Å². The molecule has 0 spiro atoms. The molecule has 0 heterocycles. The highest BCUT2D eigenvalue weighted by molar-refractivity contribution is 9.10. The van der Waals surface area contributed by atoms with Gasteiger partial charge in [-0.25, -0.2) is 0 Å². The fourth-order valence-electron chi connectivity index (χ4n) is 2.51. The van der Waals surface area contributed by atoms with Crippen molar-refractivity contribution in [2.75, 3.05) is 7.11 Å². The topological polar surface area (TPSA) is 29.5 Å². The minimum absolute atomic E-state index is 0.385. The Labute approximate surface area is 111 Å². The predicted molar refractivity (Wildman–Crippen MR) is 72.4 cm³/mol. The summed E-state index contributed by atoms with van der Waals surface area (Å²) in [4.78, 5) is 0. The van der Waals surface area contributed by atoms with Gasteiger partial charge >= 0.3 is 0 Å². The minimum Gasteiger partial charge on any atom is -0.496 e. The molecule has 1 fully saturated rings. The molecule has 1 aromatic carbocycles. The number of ether oxygens (including phenoxy) is 1. The highest BCUT2D eigenvalue weighted by Gasteiger charge is 2.41. The van der Waals surface area contributed by atoms with E-state index in [0.29, 0.717) is 11.8 Å². The first-order valence-corrected chi connectivity index (χ1v) is 6.78. The van der Waals surface area contributed by atoms with Crippen molar-refractivity contribution in [2.24, 2.45) is 11.8 Å². The third-order valence-corrected chi connectivity index (χ3v) is 4.61. The van der Waals surface area contributed by atoms with Crippen LogP contribution in [0.5, 0.6) is 5.75 Å². The van der Waals surface area contributed by atoms with E-state index in [4.69, 9.17) is 4.74 Å². The molecule has 3 atom stereocenters. The summed E-state index contributed by atoms with van der Waals surface area (Å²) in [5.74, 6) is 1.84. The van der Waals surface area contributed by atoms with Gasteiger partial charge in [-0.15, -0.1) is 0 Å². The molecule has 0 aromatic heterocycles. The molecule has 94 valence electrons. The standard InChI is InChI=1S/C14H19BrO2/c1-7-5-10(7)13(16)12-9(3)11(15)6-8(2)14(12)17-4/h6-7,10,13,16H,5H2,1-4H3. The fraction of sp³-hybridized carbons (Fsp3) is 0.571. The summed E-state index contributed by atoms with van der Waals surface area (Å²) >= 11 is 3.55. The van der Waals surface area contributed by atoms with Crippen LogP contribution in [0.2, 0.25) is 0 Å². The average molecular weight is 299 g/mol. The Kier molecular flexibility index (Phi) is 3.50. The molecule has 1 aliphatic carbocycles. The molecule has 0 amide bonds. The Morgan fingerprint density at radius 1 is 1.47 bits per heavy atom. The lowest BCUT2D eigenvalue weighted by molar-refractivity contribution is 0.143. The van der Waals surface area contributed by atoms with E-state index in [1.54, 1.807) is 7.11 Å². The van der Waals surface area contributed by atoms with E-state index in [-0.39, 0.29) is 0 Å². The van der Waals surface area contributed by atoms with Crippen molar-refractivity contribution in [2.45, 2.75) is 33.3 Å². The SMILES string of the molecule is COc1c(C)cc(Br)c(C)c1C(O)C1CC1C. The van der Waals surface area contributed by atoms with Gasteiger partial charge in [-0.3, -0.25) is 0 Å². The van der Waals surface area contributed by atoms with Crippen LogP contribution in [-0.4, -0.2) is 12.2 Å². The van der Waals surface area contributed by atoms with E-state index in [2.05, 4.69) is 22.9 Å². The zero-order chi connectivity index (χ0) is 12.7. The summed E-state index contributed by atoms with van der Waals surface area (Å²) in [6.45, 7) is 6.22. The van der Waals surface area contributed by atoms with Gasteiger partial charge in [-0.2, -0.15) is 0 Å². The van der Waals surface area contributed by atoms with Gasteiger partial charge in [0.2, 0.25) is 0 Å². The molecule has 2 nitrogen and oxygen atoms in total. The number of rotatable bonds is 3. The molecule has 3 heteroatoms. The summed E-state index contributed by atoms with van der Waals surface area (Å²) in [5, 5.41) is 10.5. The third-order valence-electron chi connectivity index (χ3n) is 3.79. The first kappa shape index (κ1) is 12.9. The largest absolute Gasteiger partial charge is 0.496 e. The van der Waals surface area contributed by atoms with Crippen molar-refractivity contribution in [3.8, 4) is 5.75 Å². The van der Waals surface area contributed by atoms with Gasteiger partial charge in [0, 0.05) is 10.0 Å². The van der Waals surface area contributed by atoms with Crippen LogP contribution < -0.4 is 4.74 Å². The number of aliphatic hydroxyl groups is 1. The number of halogens is 1. The van der Waals surface area contributed by atoms with Crippen LogP contribution in [0, 0.1) is 25.7 Å². The molecular weight excluding hydrogens is 280 g/mol. The summed E-state index contributed by atoms with van der Waals surface area (Å²) in [6.07, 6.45) is 0.700. The Balaban J connectivity index is 2.50. The summed E-state index contributed by atoms with van der Waals surface area (Å²) < 4.78 is 6.51. The maximum atomic E-state index is 10.5. The van der Waals surface area contributed by atoms with Gasteiger partial charge < -0.3 is 9.84 Å². The molecule has 1 N–H and O–H groups in total. The van der Waals surface area contributed by atoms with Crippen LogP contribution in [0.25, 0.3) is 0 Å². The molecule has 1 aliphatic rings. The second-order valence-electron chi connectivity index (χ2n) is 5.07. The average Bonchev–Trinajstić information content (AvgIpc) is 2.99. The summed E-state index contributed by atoms with van der Waals surface area (Å²) in [5.41, 5.74) is 3.10. The van der Waals surface area contributed by atoms with Crippen molar-refractivity contribution in [3.05, 3.63) is 27.2 Å². The van der Waals surface area contributed by atoms with Crippen LogP contribution in [0.4, 0.5) is 0 Å². The van der Waals surface area contributed by atoms with Crippen molar-refractivity contribution in [1.29, 1.82) is 0 Å². The van der Waals surface area contributed by atoms with E-state index in [1.165, 1.54) is 0 Å². The van der Waals surface area contributed by atoms with Crippen molar-refractivity contribution in [1.82, 2.24) is 0 Å². The third kappa shape index (κ3) is 2.23. The van der Waals surface area contributed by atoms with Crippen molar-refractivity contribution >= 4 is 15.9 Å². The van der Waals surface area contributed by atoms with Crippen molar-refractivity contribution < 1.29 is 9.84 Å². The van der Waals surface area contributed by atoms with Crippen molar-refractivity contribution in [3.63, 3.8) is 0 Å². The molecular formula is C14H19BrO2. The Morgan fingerprint density at radius 2 is 2.06 bits per heavy atom. The molecule has 0 bridgehead atoms. The molecule has 3 unspecified atom stereocenters. The highest BCUT2D eigenvalue weighted by atomic mass is 79.9. The Hall–Kier alpha value is -0.540. The number of aliphatic hydroxyl groups excluding tert-OH is 1. The van der Waals surface area contributed by atoms with Crippen LogP contribution in [0.3, 0.4) is 0 Å². The second-order valence-corrected chi connectivity index (χ2v) is 5.92. The van der Waals surface area contributed by atoms with E-state index in [0.717, 1.165) is 33.3 Å². The molecule has 0 radical (unpaired) electrons. The monoisotopic (exact) mass is 298 g/mol. The number of methoxy groups -OCH3 is 1. The van der Waals surface area contributed by atoms with Gasteiger partial charge in [0.15, 0.2) is 0 Å². The molecule has 0 saturated heterocycles. The van der Waals surface area contributed by atoms with Gasteiger partial charge in [0.05, 0.1) is 13.2 Å². The van der Waals surface area contributed by atoms with E-state index in [1.807, 2.05) is 19.9 Å². The van der Waals surface area contributed by atoms with Gasteiger partial charge in [0.25, 0.3) is 0 Å². The molecule has 1 saturated carbocycles. The Morgan fingerprint density at radius 3 is 2.53 bits per heavy atom. The van der Waals surface area contributed by atoms with Gasteiger partial charge in [-0.1, -0.05) is 22.9 Å². The zero-order valence-electron chi connectivity index (χ0n) is 10.7. The predicted octanol–water partition coefficient (Wildman–Crippen LogP) is 3.76. The summed E-state index contributed by atoms with van der Waals surface area (Å²) in [6, 6.07) is 2.04. The van der Waals surface area contributed by atoms with Gasteiger partial charge in [-0.05, 0) is 49.3 Å². The van der Waals surface area contributed by atoms with Crippen LogP contribution in [-0.2, 0) is 0 Å². The quantitative estimate of drug-likeness (QED) is 0.920. The molecule has 2 rings (SSSR count). The normalized spacial score (nSPS) is 24.6.